The van der Waals surface area contributed by atoms with Crippen LogP contribution < -0.4 is 10.1 Å². The fraction of sp³-hybridized carbons (Fsp3) is 0.136. The fourth-order valence-electron chi connectivity index (χ4n) is 2.60. The van der Waals surface area contributed by atoms with Crippen molar-refractivity contribution in [1.82, 2.24) is 5.32 Å². The minimum Gasteiger partial charge on any atom is -0.508 e. The second kappa shape index (κ2) is 8.72. The van der Waals surface area contributed by atoms with Crippen LogP contribution in [0.4, 0.5) is 0 Å². The third-order valence-electron chi connectivity index (χ3n) is 3.95. The lowest BCUT2D eigenvalue weighted by molar-refractivity contribution is 0.0953. The largest absolute Gasteiger partial charge is 0.508 e. The minimum atomic E-state index is -0.143. The first-order valence-corrected chi connectivity index (χ1v) is 8.53. The van der Waals surface area contributed by atoms with E-state index in [-0.39, 0.29) is 11.7 Å². The van der Waals surface area contributed by atoms with Gasteiger partial charge in [-0.3, -0.25) is 4.79 Å². The number of carbonyl (C=O) groups is 1. The van der Waals surface area contributed by atoms with Crippen molar-refractivity contribution < 1.29 is 14.6 Å². The van der Waals surface area contributed by atoms with Gasteiger partial charge in [-0.15, -0.1) is 0 Å². The van der Waals surface area contributed by atoms with Crippen LogP contribution in [0.1, 0.15) is 21.5 Å². The molecule has 0 radical (unpaired) electrons. The van der Waals surface area contributed by atoms with Crippen LogP contribution >= 0.6 is 0 Å². The number of benzene rings is 3. The molecule has 0 saturated heterocycles. The average Bonchev–Trinajstić information content (AvgIpc) is 2.67. The summed E-state index contributed by atoms with van der Waals surface area (Å²) in [4.78, 5) is 12.3. The van der Waals surface area contributed by atoms with E-state index in [1.54, 1.807) is 30.3 Å². The van der Waals surface area contributed by atoms with Gasteiger partial charge in [0.2, 0.25) is 0 Å². The molecule has 0 unspecified atom stereocenters. The summed E-state index contributed by atoms with van der Waals surface area (Å²) in [5.41, 5.74) is 2.62. The number of carbonyl (C=O) groups excluding carboxylic acids is 1. The molecule has 132 valence electrons. The third kappa shape index (κ3) is 5.11. The second-order valence-electron chi connectivity index (χ2n) is 5.98. The van der Waals surface area contributed by atoms with Crippen LogP contribution in [-0.4, -0.2) is 17.6 Å². The SMILES string of the molecule is O=C(NCCc1cccc(O)c1)c1cccc(OCc2ccccc2)c1. The van der Waals surface area contributed by atoms with Crippen LogP contribution in [0.2, 0.25) is 0 Å². The molecule has 0 saturated carbocycles. The number of ether oxygens (including phenoxy) is 1. The number of nitrogens with one attached hydrogen (secondary N) is 1. The second-order valence-corrected chi connectivity index (χ2v) is 5.98. The van der Waals surface area contributed by atoms with Gasteiger partial charge in [-0.05, 0) is 47.9 Å². The highest BCUT2D eigenvalue weighted by Crippen LogP contribution is 2.15. The van der Waals surface area contributed by atoms with E-state index in [0.29, 0.717) is 30.9 Å². The number of hydrogen-bond donors (Lipinski definition) is 2. The Morgan fingerprint density at radius 2 is 1.65 bits per heavy atom. The summed E-state index contributed by atoms with van der Waals surface area (Å²) in [7, 11) is 0. The van der Waals surface area contributed by atoms with Gasteiger partial charge in [0.25, 0.3) is 5.91 Å². The first-order chi connectivity index (χ1) is 12.7. The van der Waals surface area contributed by atoms with Crippen molar-refractivity contribution in [3.05, 3.63) is 95.6 Å². The van der Waals surface area contributed by atoms with Gasteiger partial charge in [0.05, 0.1) is 0 Å². The lowest BCUT2D eigenvalue weighted by Crippen LogP contribution is -2.25. The molecule has 3 rings (SSSR count). The van der Waals surface area contributed by atoms with Crippen molar-refractivity contribution in [2.75, 3.05) is 6.54 Å². The molecule has 3 aromatic carbocycles. The molecule has 3 aromatic rings. The summed E-state index contributed by atoms with van der Waals surface area (Å²) >= 11 is 0. The molecule has 2 N–H and O–H groups in total. The molecule has 0 bridgehead atoms. The van der Waals surface area contributed by atoms with E-state index in [1.165, 1.54) is 0 Å². The summed E-state index contributed by atoms with van der Waals surface area (Å²) in [6.45, 7) is 0.959. The Bertz CT molecular complexity index is 862. The van der Waals surface area contributed by atoms with Crippen molar-refractivity contribution in [2.45, 2.75) is 13.0 Å². The molecule has 4 nitrogen and oxygen atoms in total. The number of rotatable bonds is 7. The standard InChI is InChI=1S/C22H21NO3/c24-20-10-4-8-17(14-20)12-13-23-22(25)19-9-5-11-21(15-19)26-16-18-6-2-1-3-7-18/h1-11,14-15,24H,12-13,16H2,(H,23,25). The normalized spacial score (nSPS) is 10.3. The molecule has 26 heavy (non-hydrogen) atoms. The van der Waals surface area contributed by atoms with Gasteiger partial charge < -0.3 is 15.2 Å². The summed E-state index contributed by atoms with van der Waals surface area (Å²) in [6, 6.07) is 24.1. The fourth-order valence-corrected chi connectivity index (χ4v) is 2.60. The first-order valence-electron chi connectivity index (χ1n) is 8.53. The van der Waals surface area contributed by atoms with Crippen molar-refractivity contribution in [3.8, 4) is 11.5 Å². The first kappa shape index (κ1) is 17.5. The lowest BCUT2D eigenvalue weighted by atomic mass is 10.1. The molecule has 0 heterocycles. The molecule has 1 amide bonds. The molecule has 0 aliphatic carbocycles. The topological polar surface area (TPSA) is 58.6 Å². The zero-order chi connectivity index (χ0) is 18.2. The zero-order valence-electron chi connectivity index (χ0n) is 14.4. The highest BCUT2D eigenvalue weighted by atomic mass is 16.5. The minimum absolute atomic E-state index is 0.143. The average molecular weight is 347 g/mol. The Hall–Kier alpha value is -3.27. The molecule has 0 aromatic heterocycles. The molecule has 0 aliphatic heterocycles. The molecule has 0 atom stereocenters. The van der Waals surface area contributed by atoms with Gasteiger partial charge in [0, 0.05) is 12.1 Å². The van der Waals surface area contributed by atoms with Crippen molar-refractivity contribution in [1.29, 1.82) is 0 Å². The van der Waals surface area contributed by atoms with Gasteiger partial charge in [0.1, 0.15) is 18.1 Å². The van der Waals surface area contributed by atoms with Crippen LogP contribution in [0.5, 0.6) is 11.5 Å². The van der Waals surface area contributed by atoms with Crippen LogP contribution in [-0.2, 0) is 13.0 Å². The Morgan fingerprint density at radius 1 is 0.885 bits per heavy atom. The Labute approximate surface area is 153 Å². The molecule has 0 aliphatic rings. The quantitative estimate of drug-likeness (QED) is 0.680. The van der Waals surface area contributed by atoms with Gasteiger partial charge in [-0.1, -0.05) is 48.5 Å². The summed E-state index contributed by atoms with van der Waals surface area (Å²) in [5, 5.41) is 12.4. The summed E-state index contributed by atoms with van der Waals surface area (Å²) in [6.07, 6.45) is 0.657. The Morgan fingerprint density at radius 3 is 2.46 bits per heavy atom. The lowest BCUT2D eigenvalue weighted by Gasteiger charge is -2.09. The molecular formula is C22H21NO3. The van der Waals surface area contributed by atoms with E-state index in [2.05, 4.69) is 5.32 Å². The highest BCUT2D eigenvalue weighted by Gasteiger charge is 2.07. The number of phenolic OH excluding ortho intramolecular Hbond substituents is 1. The van der Waals surface area contributed by atoms with E-state index < -0.39 is 0 Å². The third-order valence-corrected chi connectivity index (χ3v) is 3.95. The maximum Gasteiger partial charge on any atom is 0.251 e. The van der Waals surface area contributed by atoms with Crippen molar-refractivity contribution in [2.24, 2.45) is 0 Å². The van der Waals surface area contributed by atoms with Crippen molar-refractivity contribution in [3.63, 3.8) is 0 Å². The van der Waals surface area contributed by atoms with E-state index in [9.17, 15) is 9.90 Å². The Kier molecular flexibility index (Phi) is 5.88. The number of phenols is 1. The monoisotopic (exact) mass is 347 g/mol. The van der Waals surface area contributed by atoms with Crippen LogP contribution in [0.15, 0.2) is 78.9 Å². The van der Waals surface area contributed by atoms with Gasteiger partial charge >= 0.3 is 0 Å². The maximum atomic E-state index is 12.3. The predicted octanol–water partition coefficient (Wildman–Crippen LogP) is 3.94. The van der Waals surface area contributed by atoms with Gasteiger partial charge in [-0.25, -0.2) is 0 Å². The van der Waals surface area contributed by atoms with Crippen LogP contribution in [0, 0.1) is 0 Å². The van der Waals surface area contributed by atoms with E-state index in [0.717, 1.165) is 11.1 Å². The molecular weight excluding hydrogens is 326 g/mol. The number of hydrogen-bond acceptors (Lipinski definition) is 3. The molecule has 0 fully saturated rings. The predicted molar refractivity (Wildman–Crippen MR) is 101 cm³/mol. The van der Waals surface area contributed by atoms with E-state index >= 15 is 0 Å². The van der Waals surface area contributed by atoms with Gasteiger partial charge in [-0.2, -0.15) is 0 Å². The molecule has 0 spiro atoms. The van der Waals surface area contributed by atoms with Crippen LogP contribution in [0.25, 0.3) is 0 Å². The van der Waals surface area contributed by atoms with Gasteiger partial charge in [0.15, 0.2) is 0 Å². The van der Waals surface area contributed by atoms with Crippen LogP contribution in [0.3, 0.4) is 0 Å². The van der Waals surface area contributed by atoms with E-state index in [1.807, 2.05) is 48.5 Å². The summed E-state index contributed by atoms with van der Waals surface area (Å²) < 4.78 is 5.76. The number of aromatic hydroxyl groups is 1. The zero-order valence-corrected chi connectivity index (χ0v) is 14.4. The molecule has 4 heteroatoms. The van der Waals surface area contributed by atoms with E-state index in [4.69, 9.17) is 4.74 Å². The Balaban J connectivity index is 1.52. The van der Waals surface area contributed by atoms with Crippen molar-refractivity contribution >= 4 is 5.91 Å². The number of amides is 1. The smallest absolute Gasteiger partial charge is 0.251 e. The highest BCUT2D eigenvalue weighted by molar-refractivity contribution is 5.94. The maximum absolute atomic E-state index is 12.3. The summed E-state index contributed by atoms with van der Waals surface area (Å²) in [5.74, 6) is 0.752.